The Kier molecular flexibility index (Phi) is 10.8. The summed E-state index contributed by atoms with van der Waals surface area (Å²) in [5, 5.41) is 5.64. The molecule has 3 aromatic carbocycles. The van der Waals surface area contributed by atoms with E-state index >= 15 is 0 Å². The lowest BCUT2D eigenvalue weighted by atomic mass is 9.99. The predicted molar refractivity (Wildman–Crippen MR) is 174 cm³/mol. The summed E-state index contributed by atoms with van der Waals surface area (Å²) in [4.78, 5) is 38.5. The molecule has 1 atom stereocenters. The SMILES string of the molecule is CN1CCC(OC(=O)Nc2cc(CCC(=O)Nc3ccc(CO[Si](C)(O)C(C)(C)C)cc3)ccc2-c2ccccc2)CC1. The van der Waals surface area contributed by atoms with Crippen LogP contribution in [0.4, 0.5) is 16.2 Å². The van der Waals surface area contributed by atoms with Crippen LogP contribution in [0.5, 0.6) is 0 Å². The van der Waals surface area contributed by atoms with E-state index < -0.39 is 14.7 Å². The summed E-state index contributed by atoms with van der Waals surface area (Å²) in [6, 6.07) is 23.3. The quantitative estimate of drug-likeness (QED) is 0.217. The van der Waals surface area contributed by atoms with E-state index in [0.717, 1.165) is 48.2 Å². The number of carbonyl (C=O) groups is 2. The first kappa shape index (κ1) is 32.4. The Morgan fingerprint density at radius 1 is 0.953 bits per heavy atom. The van der Waals surface area contributed by atoms with Crippen LogP contribution in [0.2, 0.25) is 11.6 Å². The number of likely N-dealkylation sites (tertiary alicyclic amines) is 1. The van der Waals surface area contributed by atoms with E-state index in [-0.39, 0.29) is 23.5 Å². The number of aryl methyl sites for hydroxylation is 1. The van der Waals surface area contributed by atoms with Crippen LogP contribution in [0.15, 0.2) is 72.8 Å². The number of nitrogens with zero attached hydrogens (tertiary/aromatic N) is 1. The minimum absolute atomic E-state index is 0.0925. The highest BCUT2D eigenvalue weighted by molar-refractivity contribution is 6.67. The van der Waals surface area contributed by atoms with E-state index in [4.69, 9.17) is 9.16 Å². The van der Waals surface area contributed by atoms with Crippen LogP contribution in [0.25, 0.3) is 11.1 Å². The zero-order valence-corrected chi connectivity index (χ0v) is 27.0. The number of piperidine rings is 1. The largest absolute Gasteiger partial charge is 0.446 e. The number of hydrogen-bond acceptors (Lipinski definition) is 6. The number of carbonyl (C=O) groups excluding carboxylic acids is 2. The van der Waals surface area contributed by atoms with Crippen molar-refractivity contribution >= 4 is 31.9 Å². The fraction of sp³-hybridized carbons (Fsp3) is 0.412. The molecule has 8 nitrogen and oxygen atoms in total. The van der Waals surface area contributed by atoms with Gasteiger partial charge in [0.15, 0.2) is 0 Å². The van der Waals surface area contributed by atoms with Gasteiger partial charge in [0, 0.05) is 35.8 Å². The Bertz CT molecular complexity index is 1370. The fourth-order valence-corrected chi connectivity index (χ4v) is 5.60. The van der Waals surface area contributed by atoms with Gasteiger partial charge in [0.2, 0.25) is 5.91 Å². The second-order valence-electron chi connectivity index (χ2n) is 12.5. The summed E-state index contributed by atoms with van der Waals surface area (Å²) in [5.41, 5.74) is 5.11. The Morgan fingerprint density at radius 2 is 1.60 bits per heavy atom. The molecule has 1 saturated heterocycles. The van der Waals surface area contributed by atoms with Crippen molar-refractivity contribution in [3.05, 3.63) is 83.9 Å². The average molecular weight is 604 g/mol. The number of hydrogen-bond donors (Lipinski definition) is 3. The van der Waals surface area contributed by atoms with Crippen molar-refractivity contribution in [3.63, 3.8) is 0 Å². The molecule has 0 radical (unpaired) electrons. The van der Waals surface area contributed by atoms with Crippen LogP contribution in [0.3, 0.4) is 0 Å². The molecule has 43 heavy (non-hydrogen) atoms. The number of amides is 2. The van der Waals surface area contributed by atoms with Gasteiger partial charge in [0.1, 0.15) is 6.10 Å². The highest BCUT2D eigenvalue weighted by Gasteiger charge is 2.41. The van der Waals surface area contributed by atoms with Gasteiger partial charge < -0.3 is 24.2 Å². The van der Waals surface area contributed by atoms with Crippen LogP contribution in [0, 0.1) is 0 Å². The summed E-state index contributed by atoms with van der Waals surface area (Å²) < 4.78 is 11.6. The molecule has 1 aliphatic rings. The van der Waals surface area contributed by atoms with Crippen LogP contribution in [-0.4, -0.2) is 56.5 Å². The van der Waals surface area contributed by atoms with E-state index in [0.29, 0.717) is 24.4 Å². The van der Waals surface area contributed by atoms with Gasteiger partial charge in [0.25, 0.3) is 0 Å². The fourth-order valence-electron chi connectivity index (χ4n) is 4.72. The van der Waals surface area contributed by atoms with Crippen LogP contribution < -0.4 is 10.6 Å². The molecular weight excluding hydrogens is 558 g/mol. The first-order valence-electron chi connectivity index (χ1n) is 15.0. The van der Waals surface area contributed by atoms with Gasteiger partial charge in [-0.15, -0.1) is 0 Å². The summed E-state index contributed by atoms with van der Waals surface area (Å²) in [5.74, 6) is -0.101. The second kappa shape index (κ2) is 14.3. The van der Waals surface area contributed by atoms with E-state index in [1.54, 1.807) is 6.55 Å². The van der Waals surface area contributed by atoms with E-state index in [1.807, 2.05) is 93.6 Å². The molecule has 3 N–H and O–H groups in total. The van der Waals surface area contributed by atoms with Crippen molar-refractivity contribution < 1.29 is 23.5 Å². The minimum Gasteiger partial charge on any atom is -0.446 e. The summed E-state index contributed by atoms with van der Waals surface area (Å²) >= 11 is 0. The second-order valence-corrected chi connectivity index (χ2v) is 16.3. The molecule has 0 aromatic heterocycles. The molecule has 1 heterocycles. The monoisotopic (exact) mass is 603 g/mol. The Morgan fingerprint density at radius 3 is 2.26 bits per heavy atom. The molecule has 1 aliphatic heterocycles. The molecule has 230 valence electrons. The number of rotatable bonds is 10. The smallest absolute Gasteiger partial charge is 0.411 e. The van der Waals surface area contributed by atoms with Crippen molar-refractivity contribution in [1.82, 2.24) is 4.90 Å². The number of nitrogens with one attached hydrogen (secondary N) is 2. The maximum atomic E-state index is 12.9. The number of ether oxygens (including phenoxy) is 1. The molecule has 9 heteroatoms. The van der Waals surface area contributed by atoms with E-state index in [1.165, 1.54) is 0 Å². The summed E-state index contributed by atoms with van der Waals surface area (Å²) in [6.45, 7) is 9.90. The van der Waals surface area contributed by atoms with Gasteiger partial charge in [-0.3, -0.25) is 10.1 Å². The van der Waals surface area contributed by atoms with Crippen LogP contribution in [-0.2, 0) is 27.0 Å². The molecule has 0 bridgehead atoms. The van der Waals surface area contributed by atoms with Gasteiger partial charge >= 0.3 is 14.7 Å². The predicted octanol–water partition coefficient (Wildman–Crippen LogP) is 6.95. The molecule has 0 aliphatic carbocycles. The van der Waals surface area contributed by atoms with Crippen molar-refractivity contribution in [2.24, 2.45) is 0 Å². The lowest BCUT2D eigenvalue weighted by Gasteiger charge is -2.33. The third kappa shape index (κ3) is 9.49. The molecule has 2 amide bonds. The Hall–Kier alpha value is -3.50. The molecule has 0 spiro atoms. The number of benzene rings is 3. The third-order valence-electron chi connectivity index (χ3n) is 8.13. The zero-order chi connectivity index (χ0) is 31.0. The zero-order valence-electron chi connectivity index (χ0n) is 26.0. The molecule has 1 unspecified atom stereocenters. The topological polar surface area (TPSA) is 100 Å². The standard InChI is InChI=1S/C34H45N3O5Si/c1-34(2,3)43(5,40)41-24-26-11-15-28(16-12-26)35-32(38)18-14-25-13-17-30(27-9-7-6-8-10-27)31(23-25)36-33(39)42-29-19-21-37(4)22-20-29/h6-13,15-17,23,29,40H,14,18-22,24H2,1-5H3,(H,35,38)(H,36,39). The van der Waals surface area contributed by atoms with E-state index in [2.05, 4.69) is 22.6 Å². The first-order valence-corrected chi connectivity index (χ1v) is 17.3. The highest BCUT2D eigenvalue weighted by Crippen LogP contribution is 2.35. The normalized spacial score (nSPS) is 15.9. The van der Waals surface area contributed by atoms with Crippen molar-refractivity contribution in [1.29, 1.82) is 0 Å². The molecule has 3 aromatic rings. The first-order chi connectivity index (χ1) is 20.4. The maximum Gasteiger partial charge on any atom is 0.411 e. The molecule has 1 fully saturated rings. The lowest BCUT2D eigenvalue weighted by molar-refractivity contribution is -0.116. The van der Waals surface area contributed by atoms with Crippen LogP contribution in [0.1, 0.15) is 51.2 Å². The lowest BCUT2D eigenvalue weighted by Crippen LogP contribution is -2.44. The van der Waals surface area contributed by atoms with Crippen LogP contribution >= 0.6 is 0 Å². The van der Waals surface area contributed by atoms with E-state index in [9.17, 15) is 14.4 Å². The van der Waals surface area contributed by atoms with Gasteiger partial charge in [-0.05, 0) is 67.7 Å². The van der Waals surface area contributed by atoms with Crippen molar-refractivity contribution in [2.45, 2.75) is 70.8 Å². The maximum absolute atomic E-state index is 12.9. The van der Waals surface area contributed by atoms with Gasteiger partial charge in [0.05, 0.1) is 12.3 Å². The van der Waals surface area contributed by atoms with Gasteiger partial charge in [-0.1, -0.05) is 75.4 Å². The van der Waals surface area contributed by atoms with Crippen molar-refractivity contribution in [3.8, 4) is 11.1 Å². The Labute approximate surface area is 256 Å². The van der Waals surface area contributed by atoms with Gasteiger partial charge in [-0.25, -0.2) is 4.79 Å². The van der Waals surface area contributed by atoms with Crippen molar-refractivity contribution in [2.75, 3.05) is 30.8 Å². The molecule has 4 rings (SSSR count). The summed E-state index contributed by atoms with van der Waals surface area (Å²) in [7, 11) is -0.748. The summed E-state index contributed by atoms with van der Waals surface area (Å²) in [6.07, 6.45) is 1.89. The number of anilines is 2. The highest BCUT2D eigenvalue weighted by atomic mass is 28.4. The molecular formula is C34H45N3O5Si. The third-order valence-corrected chi connectivity index (χ3v) is 11.6. The average Bonchev–Trinajstić information content (AvgIpc) is 2.97. The van der Waals surface area contributed by atoms with Gasteiger partial charge in [-0.2, -0.15) is 0 Å². The minimum atomic E-state index is -2.82. The molecule has 0 saturated carbocycles. The Balaban J connectivity index is 1.35.